The summed E-state index contributed by atoms with van der Waals surface area (Å²) in [7, 11) is 0. The Morgan fingerprint density at radius 2 is 1.90 bits per heavy atom. The predicted octanol–water partition coefficient (Wildman–Crippen LogP) is 5.70. The number of hydrogen-bond donors (Lipinski definition) is 3. The van der Waals surface area contributed by atoms with Crippen LogP contribution in [-0.4, -0.2) is 33.1 Å². The first-order valence-electron chi connectivity index (χ1n) is 12.2. The van der Waals surface area contributed by atoms with Crippen molar-refractivity contribution in [2.75, 3.05) is 0 Å². The van der Waals surface area contributed by atoms with E-state index in [-0.39, 0.29) is 0 Å². The molecule has 0 aromatic carbocycles. The van der Waals surface area contributed by atoms with Gasteiger partial charge >= 0.3 is 0 Å². The highest BCUT2D eigenvalue weighted by Gasteiger charge is 2.50. The van der Waals surface area contributed by atoms with Gasteiger partial charge in [0.05, 0.1) is 11.7 Å². The lowest BCUT2D eigenvalue weighted by Crippen LogP contribution is -2.36. The van der Waals surface area contributed by atoms with Crippen LogP contribution in [-0.2, 0) is 0 Å². The minimum atomic E-state index is -0.801. The molecule has 0 unspecified atom stereocenters. The minimum absolute atomic E-state index is 0.360. The Kier molecular flexibility index (Phi) is 7.37. The number of aliphatic hydroxyl groups is 3. The molecule has 0 bridgehead atoms. The van der Waals surface area contributed by atoms with Crippen LogP contribution < -0.4 is 0 Å². The molecule has 0 radical (unpaired) electrons. The van der Waals surface area contributed by atoms with Gasteiger partial charge in [-0.25, -0.2) is 0 Å². The van der Waals surface area contributed by atoms with E-state index in [2.05, 4.69) is 32.6 Å². The first-order chi connectivity index (χ1) is 14.0. The standard InChI is InChI=1S/C27H44O3/c1-18-10-15-24(28)25(29)21(18)12-11-20-9-7-17-27(5)22(13-14-23(20)27)19(2)8-6-16-26(3,4)30/h11-12,19,22-25,28-30H,1,6-10,13-17H2,2-5H3/b20-11+,21-12+/t19-,22-,23+,24+,25-,27+/m0/s1. The molecule has 3 rings (SSSR count). The summed E-state index contributed by atoms with van der Waals surface area (Å²) in [4.78, 5) is 0. The molecule has 3 fully saturated rings. The largest absolute Gasteiger partial charge is 0.390 e. The second kappa shape index (κ2) is 9.30. The van der Waals surface area contributed by atoms with E-state index in [1.807, 2.05) is 13.8 Å². The number of hydrogen-bond acceptors (Lipinski definition) is 3. The Morgan fingerprint density at radius 3 is 2.60 bits per heavy atom. The third-order valence-electron chi connectivity index (χ3n) is 8.48. The summed E-state index contributed by atoms with van der Waals surface area (Å²) in [6.07, 6.45) is 13.6. The van der Waals surface area contributed by atoms with E-state index >= 15 is 0 Å². The average Bonchev–Trinajstić information content (AvgIpc) is 3.01. The van der Waals surface area contributed by atoms with Crippen molar-refractivity contribution in [3.05, 3.63) is 35.5 Å². The van der Waals surface area contributed by atoms with Gasteiger partial charge in [0, 0.05) is 0 Å². The molecule has 0 spiro atoms. The smallest absolute Gasteiger partial charge is 0.105 e. The van der Waals surface area contributed by atoms with Gasteiger partial charge in [-0.3, -0.25) is 0 Å². The second-order valence-corrected chi connectivity index (χ2v) is 11.3. The zero-order valence-corrected chi connectivity index (χ0v) is 19.7. The molecule has 3 nitrogen and oxygen atoms in total. The molecule has 0 amide bonds. The maximum absolute atomic E-state index is 10.4. The fraction of sp³-hybridized carbons (Fsp3) is 0.778. The highest BCUT2D eigenvalue weighted by molar-refractivity contribution is 5.39. The van der Waals surface area contributed by atoms with Gasteiger partial charge in [0.25, 0.3) is 0 Å². The Labute approximate surface area is 184 Å². The van der Waals surface area contributed by atoms with Gasteiger partial charge in [0.2, 0.25) is 0 Å². The van der Waals surface area contributed by atoms with Crippen LogP contribution in [0.3, 0.4) is 0 Å². The Balaban J connectivity index is 1.72. The average molecular weight is 417 g/mol. The first kappa shape index (κ1) is 23.8. The van der Waals surface area contributed by atoms with Gasteiger partial charge < -0.3 is 15.3 Å². The molecular formula is C27H44O3. The molecular weight excluding hydrogens is 372 g/mol. The molecule has 30 heavy (non-hydrogen) atoms. The van der Waals surface area contributed by atoms with Gasteiger partial charge in [0.15, 0.2) is 0 Å². The SMILES string of the molecule is C=C1CC[C@@H](O)[C@@H](O)/C1=C/C=C1\CCC[C@@]2(C)[C@@H]1CC[C@H]2[C@@H](C)CCCC(C)(C)O. The third kappa shape index (κ3) is 5.11. The predicted molar refractivity (Wildman–Crippen MR) is 124 cm³/mol. The lowest BCUT2D eigenvalue weighted by molar-refractivity contribution is 0.0299. The van der Waals surface area contributed by atoms with E-state index < -0.39 is 17.8 Å². The van der Waals surface area contributed by atoms with Crippen molar-refractivity contribution in [1.29, 1.82) is 0 Å². The number of rotatable bonds is 6. The van der Waals surface area contributed by atoms with Crippen LogP contribution in [0.15, 0.2) is 35.5 Å². The quantitative estimate of drug-likeness (QED) is 0.520. The number of aliphatic hydroxyl groups excluding tert-OH is 2. The molecule has 3 heteroatoms. The molecule has 0 saturated heterocycles. The molecule has 170 valence electrons. The summed E-state index contributed by atoms with van der Waals surface area (Å²) in [5.74, 6) is 2.07. The van der Waals surface area contributed by atoms with Crippen molar-refractivity contribution in [3.63, 3.8) is 0 Å². The molecule has 3 saturated carbocycles. The van der Waals surface area contributed by atoms with E-state index in [1.165, 1.54) is 37.7 Å². The van der Waals surface area contributed by atoms with Crippen LogP contribution in [0, 0.1) is 23.2 Å². The minimum Gasteiger partial charge on any atom is -0.390 e. The third-order valence-corrected chi connectivity index (χ3v) is 8.48. The summed E-state index contributed by atoms with van der Waals surface area (Å²) < 4.78 is 0. The van der Waals surface area contributed by atoms with E-state index in [9.17, 15) is 15.3 Å². The van der Waals surface area contributed by atoms with Gasteiger partial charge in [-0.05, 0) is 99.5 Å². The molecule has 0 aliphatic heterocycles. The fourth-order valence-corrected chi connectivity index (χ4v) is 6.73. The van der Waals surface area contributed by atoms with Crippen LogP contribution in [0.25, 0.3) is 0 Å². The van der Waals surface area contributed by atoms with Gasteiger partial charge in [-0.15, -0.1) is 0 Å². The van der Waals surface area contributed by atoms with E-state index in [4.69, 9.17) is 0 Å². The Morgan fingerprint density at radius 1 is 1.17 bits per heavy atom. The molecule has 0 aromatic heterocycles. The van der Waals surface area contributed by atoms with Crippen LogP contribution in [0.4, 0.5) is 0 Å². The second-order valence-electron chi connectivity index (χ2n) is 11.3. The van der Waals surface area contributed by atoms with Crippen molar-refractivity contribution in [1.82, 2.24) is 0 Å². The summed E-state index contributed by atoms with van der Waals surface area (Å²) in [6.45, 7) is 12.9. The molecule has 3 N–H and O–H groups in total. The summed E-state index contributed by atoms with van der Waals surface area (Å²) in [6, 6.07) is 0. The van der Waals surface area contributed by atoms with Gasteiger partial charge in [-0.1, -0.05) is 51.0 Å². The zero-order chi connectivity index (χ0) is 22.1. The zero-order valence-electron chi connectivity index (χ0n) is 19.7. The summed E-state index contributed by atoms with van der Waals surface area (Å²) in [5.41, 5.74) is 3.12. The molecule has 0 aromatic rings. The van der Waals surface area contributed by atoms with Crippen LogP contribution in [0.5, 0.6) is 0 Å². The fourth-order valence-electron chi connectivity index (χ4n) is 6.73. The van der Waals surface area contributed by atoms with E-state index in [0.717, 1.165) is 42.7 Å². The Bertz CT molecular complexity index is 683. The summed E-state index contributed by atoms with van der Waals surface area (Å²) >= 11 is 0. The van der Waals surface area contributed by atoms with Crippen LogP contribution >= 0.6 is 0 Å². The first-order valence-corrected chi connectivity index (χ1v) is 12.2. The summed E-state index contributed by atoms with van der Waals surface area (Å²) in [5, 5.41) is 30.5. The Hall–Kier alpha value is -0.900. The van der Waals surface area contributed by atoms with Gasteiger partial charge in [0.1, 0.15) is 6.10 Å². The number of fused-ring (bicyclic) bond motifs is 1. The lowest BCUT2D eigenvalue weighted by atomic mass is 9.60. The highest BCUT2D eigenvalue weighted by Crippen LogP contribution is 2.60. The van der Waals surface area contributed by atoms with Crippen molar-refractivity contribution < 1.29 is 15.3 Å². The van der Waals surface area contributed by atoms with Crippen LogP contribution in [0.2, 0.25) is 0 Å². The van der Waals surface area contributed by atoms with Gasteiger partial charge in [-0.2, -0.15) is 0 Å². The van der Waals surface area contributed by atoms with E-state index in [1.54, 1.807) is 0 Å². The van der Waals surface area contributed by atoms with Crippen molar-refractivity contribution in [2.24, 2.45) is 23.2 Å². The molecule has 3 aliphatic rings. The maximum atomic E-state index is 10.4. The van der Waals surface area contributed by atoms with Crippen molar-refractivity contribution in [2.45, 2.75) is 110 Å². The lowest BCUT2D eigenvalue weighted by Gasteiger charge is -2.44. The van der Waals surface area contributed by atoms with Crippen molar-refractivity contribution >= 4 is 0 Å². The molecule has 0 heterocycles. The molecule has 6 atom stereocenters. The monoisotopic (exact) mass is 416 g/mol. The maximum Gasteiger partial charge on any atom is 0.105 e. The molecule has 3 aliphatic carbocycles. The van der Waals surface area contributed by atoms with Crippen molar-refractivity contribution in [3.8, 4) is 0 Å². The van der Waals surface area contributed by atoms with E-state index in [0.29, 0.717) is 23.7 Å². The van der Waals surface area contributed by atoms with Crippen LogP contribution in [0.1, 0.15) is 91.9 Å². The highest BCUT2D eigenvalue weighted by atomic mass is 16.3. The number of allylic oxidation sites excluding steroid dienone is 3. The topological polar surface area (TPSA) is 60.7 Å². The normalized spacial score (nSPS) is 38.8.